The highest BCUT2D eigenvalue weighted by Gasteiger charge is 2.28. The fourth-order valence-electron chi connectivity index (χ4n) is 3.18. The quantitative estimate of drug-likeness (QED) is 0.425. The van der Waals surface area contributed by atoms with E-state index in [9.17, 15) is 13.2 Å². The van der Waals surface area contributed by atoms with Gasteiger partial charge in [0.05, 0.1) is 17.5 Å². The molecule has 2 aromatic heterocycles. The number of benzene rings is 1. The van der Waals surface area contributed by atoms with E-state index in [1.165, 1.54) is 17.8 Å². The van der Waals surface area contributed by atoms with Crippen LogP contribution in [0.3, 0.4) is 0 Å². The van der Waals surface area contributed by atoms with Crippen molar-refractivity contribution in [2.24, 2.45) is 0 Å². The number of rotatable bonds is 8. The number of nitrogens with zero attached hydrogens (tertiary/aromatic N) is 3. The molecule has 0 radical (unpaired) electrons. The van der Waals surface area contributed by atoms with Gasteiger partial charge in [-0.25, -0.2) is 0 Å². The van der Waals surface area contributed by atoms with E-state index in [0.717, 1.165) is 40.9 Å². The molecule has 0 amide bonds. The molecular weight excluding hydrogens is 435 g/mol. The molecule has 0 N–H and O–H groups in total. The number of ether oxygens (including phenoxy) is 2. The molecular formula is C20H20F3N3O2S2. The monoisotopic (exact) mass is 455 g/mol. The largest absolute Gasteiger partial charge is 0.484 e. The van der Waals surface area contributed by atoms with Crippen LogP contribution in [0, 0.1) is 0 Å². The average Bonchev–Trinajstić information content (AvgIpc) is 3.47. The Labute approximate surface area is 180 Å². The topological polar surface area (TPSA) is 49.2 Å². The van der Waals surface area contributed by atoms with Crippen molar-refractivity contribution in [3.8, 4) is 16.5 Å². The molecule has 1 fully saturated rings. The zero-order valence-corrected chi connectivity index (χ0v) is 17.6. The lowest BCUT2D eigenvalue weighted by Crippen LogP contribution is -2.19. The number of hydrogen-bond donors (Lipinski definition) is 0. The smallest absolute Gasteiger partial charge is 0.422 e. The molecule has 0 aliphatic carbocycles. The summed E-state index contributed by atoms with van der Waals surface area (Å²) < 4.78 is 49.9. The second-order valence-electron chi connectivity index (χ2n) is 6.87. The van der Waals surface area contributed by atoms with Crippen molar-refractivity contribution in [1.82, 2.24) is 14.8 Å². The first-order chi connectivity index (χ1) is 14.5. The third-order valence-corrected chi connectivity index (χ3v) is 6.44. The van der Waals surface area contributed by atoms with Crippen molar-refractivity contribution < 1.29 is 22.6 Å². The molecule has 0 saturated carbocycles. The summed E-state index contributed by atoms with van der Waals surface area (Å²) in [6.07, 6.45) is -2.17. The van der Waals surface area contributed by atoms with E-state index in [1.807, 2.05) is 23.6 Å². The van der Waals surface area contributed by atoms with Crippen LogP contribution in [-0.4, -0.2) is 40.3 Å². The Bertz CT molecular complexity index is 955. The van der Waals surface area contributed by atoms with Crippen molar-refractivity contribution >= 4 is 23.1 Å². The van der Waals surface area contributed by atoms with E-state index >= 15 is 0 Å². The Hall–Kier alpha value is -2.04. The predicted octanol–water partition coefficient (Wildman–Crippen LogP) is 5.42. The zero-order valence-electron chi connectivity index (χ0n) is 16.0. The number of hydrogen-bond acceptors (Lipinski definition) is 6. The van der Waals surface area contributed by atoms with Gasteiger partial charge in [-0.2, -0.15) is 13.2 Å². The van der Waals surface area contributed by atoms with Crippen LogP contribution < -0.4 is 4.74 Å². The SMILES string of the molecule is FC(F)(F)COc1cccc(CSc2nnc(-c3cccs3)n2CC2CCCO2)c1. The highest BCUT2D eigenvalue weighted by Crippen LogP contribution is 2.31. The van der Waals surface area contributed by atoms with Crippen molar-refractivity contribution in [3.05, 3.63) is 47.3 Å². The summed E-state index contributed by atoms with van der Waals surface area (Å²) in [5, 5.41) is 11.5. The maximum Gasteiger partial charge on any atom is 0.422 e. The average molecular weight is 456 g/mol. The molecule has 5 nitrogen and oxygen atoms in total. The minimum Gasteiger partial charge on any atom is -0.484 e. The minimum atomic E-state index is -4.36. The second-order valence-corrected chi connectivity index (χ2v) is 8.76. The number of aromatic nitrogens is 3. The summed E-state index contributed by atoms with van der Waals surface area (Å²) in [6, 6.07) is 10.7. The first-order valence-electron chi connectivity index (χ1n) is 9.48. The standard InChI is InChI=1S/C20H20F3N3O2S2/c21-20(22,23)13-28-15-5-1-4-14(10-15)12-30-19-25-24-18(17-7-3-9-29-17)26(19)11-16-6-2-8-27-16/h1,3-5,7,9-10,16H,2,6,8,11-13H2. The van der Waals surface area contributed by atoms with Gasteiger partial charge in [-0.1, -0.05) is 30.0 Å². The Morgan fingerprint density at radius 3 is 2.87 bits per heavy atom. The summed E-state index contributed by atoms with van der Waals surface area (Å²) >= 11 is 3.10. The van der Waals surface area contributed by atoms with E-state index in [-0.39, 0.29) is 11.9 Å². The van der Waals surface area contributed by atoms with Crippen molar-refractivity contribution in [1.29, 1.82) is 0 Å². The van der Waals surface area contributed by atoms with Crippen LogP contribution in [0.15, 0.2) is 46.9 Å². The Balaban J connectivity index is 1.48. The molecule has 1 saturated heterocycles. The molecule has 4 rings (SSSR count). The van der Waals surface area contributed by atoms with Crippen molar-refractivity contribution in [2.75, 3.05) is 13.2 Å². The molecule has 0 spiro atoms. The lowest BCUT2D eigenvalue weighted by Gasteiger charge is -2.14. The minimum absolute atomic E-state index is 0.137. The van der Waals surface area contributed by atoms with E-state index in [4.69, 9.17) is 9.47 Å². The summed E-state index contributed by atoms with van der Waals surface area (Å²) in [5.41, 5.74) is 0.851. The molecule has 3 aromatic rings. The van der Waals surface area contributed by atoms with Gasteiger partial charge in [0.25, 0.3) is 0 Å². The van der Waals surface area contributed by atoms with Crippen LogP contribution in [0.4, 0.5) is 13.2 Å². The van der Waals surface area contributed by atoms with Gasteiger partial charge in [0, 0.05) is 12.4 Å². The fourth-order valence-corrected chi connectivity index (χ4v) is 4.79. The third kappa shape index (κ3) is 5.55. The Morgan fingerprint density at radius 2 is 2.13 bits per heavy atom. The van der Waals surface area contributed by atoms with Crippen LogP contribution in [-0.2, 0) is 17.0 Å². The molecule has 1 aliphatic heterocycles. The van der Waals surface area contributed by atoms with Crippen LogP contribution in [0.2, 0.25) is 0 Å². The van der Waals surface area contributed by atoms with Gasteiger partial charge in [-0.15, -0.1) is 21.5 Å². The molecule has 1 aliphatic rings. The van der Waals surface area contributed by atoms with Crippen molar-refractivity contribution in [3.63, 3.8) is 0 Å². The maximum absolute atomic E-state index is 12.4. The van der Waals surface area contributed by atoms with E-state index < -0.39 is 12.8 Å². The molecule has 1 atom stereocenters. The summed E-state index contributed by atoms with van der Waals surface area (Å²) in [7, 11) is 0. The molecule has 3 heterocycles. The predicted molar refractivity (Wildman–Crippen MR) is 110 cm³/mol. The molecule has 1 aromatic carbocycles. The van der Waals surface area contributed by atoms with Gasteiger partial charge in [-0.3, -0.25) is 4.57 Å². The van der Waals surface area contributed by atoms with E-state index in [2.05, 4.69) is 14.8 Å². The van der Waals surface area contributed by atoms with Gasteiger partial charge in [0.1, 0.15) is 5.75 Å². The first kappa shape index (κ1) is 21.2. The molecule has 10 heteroatoms. The molecule has 160 valence electrons. The van der Waals surface area contributed by atoms with Crippen LogP contribution in [0.1, 0.15) is 18.4 Å². The van der Waals surface area contributed by atoms with E-state index in [1.54, 1.807) is 23.5 Å². The van der Waals surface area contributed by atoms with Crippen LogP contribution in [0.25, 0.3) is 10.7 Å². The fraction of sp³-hybridized carbons (Fsp3) is 0.400. The lowest BCUT2D eigenvalue weighted by molar-refractivity contribution is -0.153. The normalized spacial score (nSPS) is 16.8. The second kappa shape index (κ2) is 9.40. The third-order valence-electron chi connectivity index (χ3n) is 4.54. The highest BCUT2D eigenvalue weighted by atomic mass is 32.2. The number of thioether (sulfide) groups is 1. The van der Waals surface area contributed by atoms with Crippen LogP contribution >= 0.6 is 23.1 Å². The first-order valence-corrected chi connectivity index (χ1v) is 11.3. The molecule has 30 heavy (non-hydrogen) atoms. The van der Waals surface area contributed by atoms with Gasteiger partial charge in [0.15, 0.2) is 17.6 Å². The Morgan fingerprint density at radius 1 is 1.23 bits per heavy atom. The van der Waals surface area contributed by atoms with Crippen molar-refractivity contribution in [2.45, 2.75) is 42.6 Å². The van der Waals surface area contributed by atoms with Gasteiger partial charge in [-0.05, 0) is 42.0 Å². The maximum atomic E-state index is 12.4. The van der Waals surface area contributed by atoms with Gasteiger partial charge in [0.2, 0.25) is 0 Å². The van der Waals surface area contributed by atoms with Gasteiger partial charge < -0.3 is 9.47 Å². The van der Waals surface area contributed by atoms with Crippen LogP contribution in [0.5, 0.6) is 5.75 Å². The Kier molecular flexibility index (Phi) is 6.64. The van der Waals surface area contributed by atoms with E-state index in [0.29, 0.717) is 12.3 Å². The number of thiophene rings is 1. The lowest BCUT2D eigenvalue weighted by atomic mass is 10.2. The number of halogens is 3. The molecule has 1 unspecified atom stereocenters. The van der Waals surface area contributed by atoms with Gasteiger partial charge >= 0.3 is 6.18 Å². The zero-order chi connectivity index (χ0) is 21.0. The summed E-state index contributed by atoms with van der Waals surface area (Å²) in [6.45, 7) is 0.148. The molecule has 0 bridgehead atoms. The summed E-state index contributed by atoms with van der Waals surface area (Å²) in [5.74, 6) is 1.55. The highest BCUT2D eigenvalue weighted by molar-refractivity contribution is 7.98. The number of alkyl halides is 3. The summed E-state index contributed by atoms with van der Waals surface area (Å²) in [4.78, 5) is 1.04.